The lowest BCUT2D eigenvalue weighted by atomic mass is 9.73. The third-order valence-corrected chi connectivity index (χ3v) is 15.6. The second-order valence-electron chi connectivity index (χ2n) is 20.4. The van der Waals surface area contributed by atoms with E-state index in [0.717, 1.165) is 35.6 Å². The Balaban J connectivity index is 0.827. The van der Waals surface area contributed by atoms with Crippen LogP contribution in [-0.4, -0.2) is 4.57 Å². The Labute approximate surface area is 434 Å². The van der Waals surface area contributed by atoms with Gasteiger partial charge in [0.1, 0.15) is 0 Å². The van der Waals surface area contributed by atoms with Crippen molar-refractivity contribution in [2.24, 2.45) is 5.92 Å². The van der Waals surface area contributed by atoms with Crippen LogP contribution in [0.25, 0.3) is 82.8 Å². The predicted molar refractivity (Wildman–Crippen MR) is 315 cm³/mol. The summed E-state index contributed by atoms with van der Waals surface area (Å²) in [6, 6.07) is 87.0. The number of allylic oxidation sites excluding steroid dienone is 8. The van der Waals surface area contributed by atoms with Crippen LogP contribution in [0.5, 0.6) is 0 Å². The van der Waals surface area contributed by atoms with Gasteiger partial charge in [-0.05, 0) is 164 Å². The van der Waals surface area contributed by atoms with Crippen LogP contribution in [-0.2, 0) is 5.41 Å². The maximum Gasteiger partial charge on any atom is 0.0541 e. The molecule has 0 radical (unpaired) electrons. The molecule has 2 heteroatoms. The number of hydrogen-bond acceptors (Lipinski definition) is 1. The number of anilines is 3. The number of para-hydroxylation sites is 2. The number of benzene rings is 10. The zero-order chi connectivity index (χ0) is 49.6. The minimum Gasteiger partial charge on any atom is -0.310 e. The Morgan fingerprint density at radius 3 is 1.66 bits per heavy atom. The molecule has 2 aliphatic rings. The van der Waals surface area contributed by atoms with Gasteiger partial charge in [-0.3, -0.25) is 0 Å². The summed E-state index contributed by atoms with van der Waals surface area (Å²) >= 11 is 0. The highest BCUT2D eigenvalue weighted by molar-refractivity contribution is 6.09. The molecule has 0 N–H and O–H groups in total. The second kappa shape index (κ2) is 18.9. The first-order valence-corrected chi connectivity index (χ1v) is 26.1. The first-order valence-electron chi connectivity index (χ1n) is 26.1. The van der Waals surface area contributed by atoms with Gasteiger partial charge in [-0.25, -0.2) is 0 Å². The lowest BCUT2D eigenvalue weighted by Crippen LogP contribution is -2.22. The molecule has 2 atom stereocenters. The Bertz CT molecular complexity index is 3980. The summed E-state index contributed by atoms with van der Waals surface area (Å²) in [5.41, 5.74) is 20.4. The third kappa shape index (κ3) is 8.39. The Kier molecular flexibility index (Phi) is 11.5. The van der Waals surface area contributed by atoms with Crippen LogP contribution in [0, 0.1) is 5.92 Å². The van der Waals surface area contributed by atoms with Crippen molar-refractivity contribution in [3.05, 3.63) is 290 Å². The quantitative estimate of drug-likeness (QED) is 0.133. The number of nitrogens with zero attached hydrogens (tertiary/aromatic N) is 2. The van der Waals surface area contributed by atoms with Crippen molar-refractivity contribution in [3.8, 4) is 50.2 Å². The fourth-order valence-corrected chi connectivity index (χ4v) is 11.6. The molecule has 1 aromatic heterocycles. The summed E-state index contributed by atoms with van der Waals surface area (Å²) in [6.45, 7) is 4.74. The average Bonchev–Trinajstić information content (AvgIpc) is 3.81. The van der Waals surface area contributed by atoms with E-state index >= 15 is 0 Å². The molecule has 354 valence electrons. The minimum absolute atomic E-state index is 0.157. The molecule has 1 heterocycles. The van der Waals surface area contributed by atoms with Gasteiger partial charge in [-0.2, -0.15) is 0 Å². The SMILES string of the molecule is CC1CC=CC=C1C1=CC(C)(c2cccc(N(c3ccc(-c4ccc(-c5cccc(-n6c7ccccc7c7ccccc76)c5)cc4)cc3)c3ccc(-c4cccc(-c5ccc6ccccc6c5)c4)cc3)c2)CC=C1. The fourth-order valence-electron chi connectivity index (χ4n) is 11.6. The minimum atomic E-state index is -0.157. The Hall–Kier alpha value is -8.98. The predicted octanol–water partition coefficient (Wildman–Crippen LogP) is 19.7. The molecule has 13 rings (SSSR count). The van der Waals surface area contributed by atoms with E-state index in [0.29, 0.717) is 5.92 Å². The molecule has 2 aliphatic carbocycles. The molecular formula is C72H56N2. The van der Waals surface area contributed by atoms with Crippen molar-refractivity contribution in [1.82, 2.24) is 4.57 Å². The molecule has 0 bridgehead atoms. The van der Waals surface area contributed by atoms with Crippen molar-refractivity contribution in [1.29, 1.82) is 0 Å². The summed E-state index contributed by atoms with van der Waals surface area (Å²) in [5, 5.41) is 5.05. The van der Waals surface area contributed by atoms with Gasteiger partial charge in [0, 0.05) is 38.9 Å². The van der Waals surface area contributed by atoms with E-state index in [1.54, 1.807) is 0 Å². The first kappa shape index (κ1) is 44.9. The van der Waals surface area contributed by atoms with E-state index in [9.17, 15) is 0 Å². The average molecular weight is 949 g/mol. The zero-order valence-electron chi connectivity index (χ0n) is 41.9. The molecule has 0 aliphatic heterocycles. The number of aromatic nitrogens is 1. The van der Waals surface area contributed by atoms with Gasteiger partial charge in [-0.1, -0.05) is 214 Å². The van der Waals surface area contributed by atoms with Crippen LogP contribution in [0.15, 0.2) is 284 Å². The molecule has 10 aromatic carbocycles. The summed E-state index contributed by atoms with van der Waals surface area (Å²) in [7, 11) is 0. The number of fused-ring (bicyclic) bond motifs is 4. The third-order valence-electron chi connectivity index (χ3n) is 15.6. The summed E-state index contributed by atoms with van der Waals surface area (Å²) in [6.07, 6.45) is 16.1. The van der Waals surface area contributed by atoms with E-state index in [2.05, 4.69) is 296 Å². The van der Waals surface area contributed by atoms with Gasteiger partial charge in [0.25, 0.3) is 0 Å². The van der Waals surface area contributed by atoms with Crippen LogP contribution in [0.1, 0.15) is 32.3 Å². The van der Waals surface area contributed by atoms with E-state index in [1.165, 1.54) is 93.8 Å². The monoisotopic (exact) mass is 948 g/mol. The van der Waals surface area contributed by atoms with Crippen molar-refractivity contribution < 1.29 is 0 Å². The molecule has 11 aromatic rings. The number of hydrogen-bond donors (Lipinski definition) is 0. The van der Waals surface area contributed by atoms with Crippen LogP contribution in [0.4, 0.5) is 17.1 Å². The summed E-state index contributed by atoms with van der Waals surface area (Å²) in [4.78, 5) is 2.42. The smallest absolute Gasteiger partial charge is 0.0541 e. The molecular weight excluding hydrogens is 893 g/mol. The van der Waals surface area contributed by atoms with Gasteiger partial charge >= 0.3 is 0 Å². The normalized spacial score (nSPS) is 16.4. The molecule has 0 fully saturated rings. The highest BCUT2D eigenvalue weighted by atomic mass is 15.1. The van der Waals surface area contributed by atoms with E-state index in [4.69, 9.17) is 0 Å². The van der Waals surface area contributed by atoms with Crippen LogP contribution in [0.3, 0.4) is 0 Å². The highest BCUT2D eigenvalue weighted by Gasteiger charge is 2.29. The van der Waals surface area contributed by atoms with E-state index in [1.807, 2.05) is 0 Å². The molecule has 2 unspecified atom stereocenters. The van der Waals surface area contributed by atoms with Crippen molar-refractivity contribution in [2.45, 2.75) is 32.1 Å². The van der Waals surface area contributed by atoms with Gasteiger partial charge in [-0.15, -0.1) is 0 Å². The Morgan fingerprint density at radius 2 is 0.986 bits per heavy atom. The van der Waals surface area contributed by atoms with Gasteiger partial charge in [0.15, 0.2) is 0 Å². The van der Waals surface area contributed by atoms with E-state index < -0.39 is 0 Å². The first-order chi connectivity index (χ1) is 36.4. The van der Waals surface area contributed by atoms with Crippen molar-refractivity contribution >= 4 is 49.6 Å². The van der Waals surface area contributed by atoms with Gasteiger partial charge < -0.3 is 9.47 Å². The zero-order valence-corrected chi connectivity index (χ0v) is 41.9. The second-order valence-corrected chi connectivity index (χ2v) is 20.4. The maximum absolute atomic E-state index is 2.52. The molecule has 74 heavy (non-hydrogen) atoms. The summed E-state index contributed by atoms with van der Waals surface area (Å²) in [5.74, 6) is 0.500. The molecule has 0 saturated carbocycles. The topological polar surface area (TPSA) is 8.17 Å². The molecule has 0 amide bonds. The number of rotatable bonds is 10. The summed E-state index contributed by atoms with van der Waals surface area (Å²) < 4.78 is 2.39. The maximum atomic E-state index is 2.52. The largest absolute Gasteiger partial charge is 0.310 e. The standard InChI is InChI=1S/C72H56N2/c1-50-15-3-6-25-67(50)61-21-14-44-72(2,49-61)62-22-13-24-66(48-62)73(64-42-38-55(39-43-64)57-18-11-19-58(45-57)60-35-34-51-16-4-5-17-56(51)46-60)63-40-36-53(37-41-63)52-30-32-54(33-31-52)59-20-12-23-65(47-59)74-70-28-9-7-26-68(70)69-27-8-10-29-71(69)74/h3-14,16-43,45-50H,15,44H2,1-2H3. The van der Waals surface area contributed by atoms with Gasteiger partial charge in [0.05, 0.1) is 11.0 Å². The molecule has 2 nitrogen and oxygen atoms in total. The van der Waals surface area contributed by atoms with Crippen LogP contribution in [0.2, 0.25) is 0 Å². The molecule has 0 saturated heterocycles. The van der Waals surface area contributed by atoms with Crippen molar-refractivity contribution in [2.75, 3.05) is 4.90 Å². The van der Waals surface area contributed by atoms with Crippen LogP contribution >= 0.6 is 0 Å². The highest BCUT2D eigenvalue weighted by Crippen LogP contribution is 2.43. The lowest BCUT2D eigenvalue weighted by molar-refractivity contribution is 0.590. The fraction of sp³-hybridized carbons (Fsp3) is 0.0833. The lowest BCUT2D eigenvalue weighted by Gasteiger charge is -2.33. The molecule has 0 spiro atoms. The van der Waals surface area contributed by atoms with Gasteiger partial charge in [0.2, 0.25) is 0 Å². The van der Waals surface area contributed by atoms with Crippen LogP contribution < -0.4 is 4.90 Å². The van der Waals surface area contributed by atoms with Crippen molar-refractivity contribution in [3.63, 3.8) is 0 Å². The van der Waals surface area contributed by atoms with E-state index in [-0.39, 0.29) is 5.41 Å². The Morgan fingerprint density at radius 1 is 0.446 bits per heavy atom.